The number of unbranched alkanes of at least 4 members (excludes halogenated alkanes) is 2. The molecule has 1 aromatic carbocycles. The number of ether oxygens (including phenoxy) is 13. The van der Waals surface area contributed by atoms with Gasteiger partial charge in [0.05, 0.1) is 157 Å². The molecule has 16 nitrogen and oxygen atoms in total. The monoisotopic (exact) mass is 737 g/mol. The van der Waals surface area contributed by atoms with Crippen molar-refractivity contribution in [2.45, 2.75) is 26.2 Å². The molecule has 0 aliphatic heterocycles. The lowest BCUT2D eigenvalue weighted by molar-refractivity contribution is -0.384. The van der Waals surface area contributed by atoms with E-state index in [0.717, 1.165) is 13.0 Å². The minimum Gasteiger partial charge on any atom is -0.491 e. The summed E-state index contributed by atoms with van der Waals surface area (Å²) in [5, 5.41) is 10.6. The van der Waals surface area contributed by atoms with E-state index in [9.17, 15) is 10.1 Å². The topological polar surface area (TPSA) is 163 Å². The Kier molecular flexibility index (Phi) is 36.1. The first-order valence-electron chi connectivity index (χ1n) is 18.0. The highest BCUT2D eigenvalue weighted by Gasteiger charge is 2.04. The molecule has 0 spiro atoms. The van der Waals surface area contributed by atoms with Crippen LogP contribution in [0.5, 0.6) is 5.75 Å². The Balaban J connectivity index is 1.63. The van der Waals surface area contributed by atoms with Crippen molar-refractivity contribution in [1.82, 2.24) is 0 Å². The van der Waals surface area contributed by atoms with Gasteiger partial charge >= 0.3 is 0 Å². The van der Waals surface area contributed by atoms with Gasteiger partial charge in [0.15, 0.2) is 0 Å². The third-order valence-corrected chi connectivity index (χ3v) is 6.53. The Morgan fingerprint density at radius 2 is 0.647 bits per heavy atom. The van der Waals surface area contributed by atoms with E-state index < -0.39 is 4.92 Å². The van der Waals surface area contributed by atoms with Gasteiger partial charge in [0.1, 0.15) is 12.4 Å². The third kappa shape index (κ3) is 34.8. The second-order valence-electron chi connectivity index (χ2n) is 10.7. The largest absolute Gasteiger partial charge is 0.491 e. The van der Waals surface area contributed by atoms with Gasteiger partial charge < -0.3 is 61.6 Å². The maximum atomic E-state index is 10.6. The van der Waals surface area contributed by atoms with Gasteiger partial charge in [0.2, 0.25) is 0 Å². The molecule has 0 heterocycles. The molecule has 0 bridgehead atoms. The van der Waals surface area contributed by atoms with E-state index in [4.69, 9.17) is 61.6 Å². The molecule has 0 fully saturated rings. The number of benzene rings is 1. The number of nitro benzene ring substituents is 1. The predicted octanol–water partition coefficient (Wildman–Crippen LogP) is 3.36. The standard InChI is InChI=1S/C35H63NO15/c1-2-3-4-9-39-10-11-40-12-13-41-14-15-42-16-17-43-18-19-44-20-21-45-22-23-46-24-25-47-26-27-48-28-29-49-30-31-50-32-33-51-35-7-5-34(6-8-35)36(37)38/h5-8H,2-4,9-33H2,1H3. The van der Waals surface area contributed by atoms with Crippen LogP contribution in [0.1, 0.15) is 26.2 Å². The fourth-order valence-electron chi connectivity index (χ4n) is 3.86. The molecule has 0 aliphatic rings. The molecule has 1 rings (SSSR count). The van der Waals surface area contributed by atoms with Crippen LogP contribution in [0.3, 0.4) is 0 Å². The molecule has 0 aromatic heterocycles. The zero-order valence-electron chi connectivity index (χ0n) is 30.7. The number of non-ortho nitro benzene ring substituents is 1. The number of nitrogens with zero attached hydrogens (tertiary/aromatic N) is 1. The van der Waals surface area contributed by atoms with E-state index in [1.807, 2.05) is 0 Å². The van der Waals surface area contributed by atoms with E-state index in [2.05, 4.69) is 6.92 Å². The van der Waals surface area contributed by atoms with Gasteiger partial charge in [-0.05, 0) is 18.6 Å². The lowest BCUT2D eigenvalue weighted by Crippen LogP contribution is -2.15. The summed E-state index contributed by atoms with van der Waals surface area (Å²) in [5.41, 5.74) is 0.0253. The quantitative estimate of drug-likeness (QED) is 0.0545. The zero-order valence-corrected chi connectivity index (χ0v) is 30.7. The molecule has 16 heteroatoms. The van der Waals surface area contributed by atoms with Crippen molar-refractivity contribution in [3.8, 4) is 5.75 Å². The van der Waals surface area contributed by atoms with E-state index in [0.29, 0.717) is 164 Å². The molecule has 0 radical (unpaired) electrons. The Morgan fingerprint density at radius 1 is 0.392 bits per heavy atom. The fourth-order valence-corrected chi connectivity index (χ4v) is 3.86. The molecule has 298 valence electrons. The van der Waals surface area contributed by atoms with E-state index in [1.165, 1.54) is 25.0 Å². The molecule has 1 aromatic rings. The van der Waals surface area contributed by atoms with Crippen LogP contribution < -0.4 is 4.74 Å². The number of nitro groups is 1. The van der Waals surface area contributed by atoms with Gasteiger partial charge in [-0.15, -0.1) is 0 Å². The van der Waals surface area contributed by atoms with Crippen molar-refractivity contribution >= 4 is 5.69 Å². The second kappa shape index (κ2) is 39.2. The second-order valence-corrected chi connectivity index (χ2v) is 10.7. The molecule has 0 unspecified atom stereocenters. The summed E-state index contributed by atoms with van der Waals surface area (Å²) in [6.45, 7) is 14.9. The molecule has 0 atom stereocenters. The summed E-state index contributed by atoms with van der Waals surface area (Å²) in [6, 6.07) is 5.91. The number of rotatable bonds is 42. The van der Waals surface area contributed by atoms with Gasteiger partial charge in [-0.3, -0.25) is 10.1 Å². The van der Waals surface area contributed by atoms with Crippen molar-refractivity contribution in [1.29, 1.82) is 0 Å². The molecule has 0 saturated carbocycles. The lowest BCUT2D eigenvalue weighted by Gasteiger charge is -2.09. The minimum atomic E-state index is -0.451. The van der Waals surface area contributed by atoms with Crippen molar-refractivity contribution in [3.05, 3.63) is 34.4 Å². The van der Waals surface area contributed by atoms with Crippen LogP contribution in [0.25, 0.3) is 0 Å². The van der Waals surface area contributed by atoms with Crippen molar-refractivity contribution in [2.24, 2.45) is 0 Å². The Bertz CT molecular complexity index is 853. The van der Waals surface area contributed by atoms with Crippen molar-refractivity contribution in [2.75, 3.05) is 165 Å². The Labute approximate surface area is 303 Å². The molecule has 0 saturated heterocycles. The van der Waals surface area contributed by atoms with Crippen LogP contribution in [0.15, 0.2) is 24.3 Å². The van der Waals surface area contributed by atoms with Gasteiger partial charge in [-0.1, -0.05) is 19.8 Å². The molecule has 0 aliphatic carbocycles. The van der Waals surface area contributed by atoms with Crippen LogP contribution in [0.2, 0.25) is 0 Å². The summed E-state index contributed by atoms with van der Waals surface area (Å²) < 4.78 is 71.1. The van der Waals surface area contributed by atoms with Crippen LogP contribution in [0.4, 0.5) is 5.69 Å². The Morgan fingerprint density at radius 3 is 0.902 bits per heavy atom. The fraction of sp³-hybridized carbons (Fsp3) is 0.829. The first kappa shape index (κ1) is 47.0. The highest BCUT2D eigenvalue weighted by atomic mass is 16.6. The first-order chi connectivity index (χ1) is 25.2. The van der Waals surface area contributed by atoms with Crippen LogP contribution in [-0.4, -0.2) is 170 Å². The van der Waals surface area contributed by atoms with Crippen molar-refractivity contribution in [3.63, 3.8) is 0 Å². The van der Waals surface area contributed by atoms with E-state index in [-0.39, 0.29) is 5.69 Å². The maximum Gasteiger partial charge on any atom is 0.269 e. The minimum absolute atomic E-state index is 0.0253. The lowest BCUT2D eigenvalue weighted by atomic mass is 10.3. The summed E-state index contributed by atoms with van der Waals surface area (Å²) >= 11 is 0. The average Bonchev–Trinajstić information content (AvgIpc) is 3.14. The predicted molar refractivity (Wildman–Crippen MR) is 188 cm³/mol. The van der Waals surface area contributed by atoms with Crippen LogP contribution in [-0.2, 0) is 56.8 Å². The third-order valence-electron chi connectivity index (χ3n) is 6.53. The van der Waals surface area contributed by atoms with Gasteiger partial charge in [-0.25, -0.2) is 0 Å². The molecular weight excluding hydrogens is 674 g/mol. The van der Waals surface area contributed by atoms with E-state index >= 15 is 0 Å². The first-order valence-corrected chi connectivity index (χ1v) is 18.0. The SMILES string of the molecule is CCCCCOCCOCCOCCOCCOCCOCCOCCOCCOCCOCCOCCOCCOc1ccc([N+](=O)[O-])cc1. The van der Waals surface area contributed by atoms with Gasteiger partial charge in [0.25, 0.3) is 5.69 Å². The maximum absolute atomic E-state index is 10.6. The molecule has 0 N–H and O–H groups in total. The average molecular weight is 738 g/mol. The van der Waals surface area contributed by atoms with Crippen LogP contribution >= 0.6 is 0 Å². The smallest absolute Gasteiger partial charge is 0.269 e. The summed E-state index contributed by atoms with van der Waals surface area (Å²) in [4.78, 5) is 10.2. The Hall–Kier alpha value is -2.06. The van der Waals surface area contributed by atoms with Crippen molar-refractivity contribution < 1.29 is 66.5 Å². The van der Waals surface area contributed by atoms with Gasteiger partial charge in [0, 0.05) is 18.7 Å². The number of hydrogen-bond acceptors (Lipinski definition) is 15. The molecule has 51 heavy (non-hydrogen) atoms. The summed E-state index contributed by atoms with van der Waals surface area (Å²) in [7, 11) is 0. The van der Waals surface area contributed by atoms with Gasteiger partial charge in [-0.2, -0.15) is 0 Å². The molecular formula is C35H63NO15. The highest BCUT2D eigenvalue weighted by molar-refractivity contribution is 5.35. The van der Waals surface area contributed by atoms with Crippen LogP contribution in [0, 0.1) is 10.1 Å². The van der Waals surface area contributed by atoms with E-state index in [1.54, 1.807) is 12.1 Å². The summed E-state index contributed by atoms with van der Waals surface area (Å²) in [6.07, 6.45) is 3.53. The highest BCUT2D eigenvalue weighted by Crippen LogP contribution is 2.17. The molecule has 0 amide bonds. The normalized spacial score (nSPS) is 11.4. The number of hydrogen-bond donors (Lipinski definition) is 0. The summed E-state index contributed by atoms with van der Waals surface area (Å²) in [5.74, 6) is 0.556. The zero-order chi connectivity index (χ0) is 36.6.